The van der Waals surface area contributed by atoms with Gasteiger partial charge in [0, 0.05) is 12.0 Å². The third kappa shape index (κ3) is 3.85. The molecule has 19 heavy (non-hydrogen) atoms. The van der Waals surface area contributed by atoms with Gasteiger partial charge in [0.05, 0.1) is 0 Å². The third-order valence-corrected chi connectivity index (χ3v) is 3.09. The molecule has 2 atom stereocenters. The van der Waals surface area contributed by atoms with Crippen molar-refractivity contribution in [1.29, 1.82) is 0 Å². The Morgan fingerprint density at radius 2 is 2.00 bits per heavy atom. The molecule has 0 aromatic heterocycles. The Hall–Kier alpha value is -1.77. The number of hydrogen-bond donors (Lipinski definition) is 1. The maximum atomic E-state index is 11.6. The molecule has 1 fully saturated rings. The minimum absolute atomic E-state index is 0.199. The van der Waals surface area contributed by atoms with Crippen molar-refractivity contribution in [1.82, 2.24) is 5.32 Å². The predicted octanol–water partition coefficient (Wildman–Crippen LogP) is 3.71. The van der Waals surface area contributed by atoms with Crippen molar-refractivity contribution in [2.45, 2.75) is 44.8 Å². The number of ether oxygens (including phenoxy) is 1. The van der Waals surface area contributed by atoms with Gasteiger partial charge in [-0.15, -0.1) is 0 Å². The summed E-state index contributed by atoms with van der Waals surface area (Å²) in [5.41, 5.74) is 1.92. The standard InChI is InChI=1S/C16H21NO2/c1-5-11-6-8-12(9-7-11)13-10-14(13)17-15(18)19-16(2,3)4/h5-9,13-14H,1,10H2,2-4H3,(H,17,18)/t13-,14+/m0/s1. The zero-order valence-electron chi connectivity index (χ0n) is 11.8. The van der Waals surface area contributed by atoms with E-state index in [0.29, 0.717) is 5.92 Å². The zero-order chi connectivity index (χ0) is 14.0. The number of alkyl carbamates (subject to hydrolysis) is 1. The van der Waals surface area contributed by atoms with Gasteiger partial charge in [0.25, 0.3) is 0 Å². The van der Waals surface area contributed by atoms with Crippen molar-refractivity contribution in [2.75, 3.05) is 0 Å². The Labute approximate surface area is 114 Å². The summed E-state index contributed by atoms with van der Waals surface area (Å²) < 4.78 is 5.25. The molecule has 1 aromatic carbocycles. The summed E-state index contributed by atoms with van der Waals surface area (Å²) in [5, 5.41) is 2.91. The lowest BCUT2D eigenvalue weighted by molar-refractivity contribution is 0.0523. The lowest BCUT2D eigenvalue weighted by atomic mass is 10.1. The summed E-state index contributed by atoms with van der Waals surface area (Å²) in [7, 11) is 0. The number of rotatable bonds is 3. The van der Waals surface area contributed by atoms with Crippen LogP contribution in [0.5, 0.6) is 0 Å². The first kappa shape index (κ1) is 13.7. The van der Waals surface area contributed by atoms with E-state index in [-0.39, 0.29) is 12.1 Å². The van der Waals surface area contributed by atoms with Gasteiger partial charge in [-0.1, -0.05) is 36.9 Å². The molecule has 0 unspecified atom stereocenters. The maximum absolute atomic E-state index is 11.6. The molecule has 1 saturated carbocycles. The second-order valence-electron chi connectivity index (χ2n) is 5.97. The van der Waals surface area contributed by atoms with Gasteiger partial charge in [-0.25, -0.2) is 4.79 Å². The summed E-state index contributed by atoms with van der Waals surface area (Å²) in [6.07, 6.45) is 2.47. The number of carbonyl (C=O) groups is 1. The van der Waals surface area contributed by atoms with Crippen molar-refractivity contribution >= 4 is 12.2 Å². The van der Waals surface area contributed by atoms with Crippen LogP contribution < -0.4 is 5.32 Å². The van der Waals surface area contributed by atoms with Crippen LogP contribution in [0.2, 0.25) is 0 Å². The summed E-state index contributed by atoms with van der Waals surface area (Å²) in [5.74, 6) is 0.409. The molecule has 2 rings (SSSR count). The molecule has 0 bridgehead atoms. The average molecular weight is 259 g/mol. The first-order valence-corrected chi connectivity index (χ1v) is 6.61. The fourth-order valence-electron chi connectivity index (χ4n) is 2.06. The van der Waals surface area contributed by atoms with Crippen molar-refractivity contribution in [3.63, 3.8) is 0 Å². The second kappa shape index (κ2) is 5.08. The van der Waals surface area contributed by atoms with Crippen LogP contribution in [-0.2, 0) is 4.74 Å². The lowest BCUT2D eigenvalue weighted by Gasteiger charge is -2.19. The molecule has 0 spiro atoms. The van der Waals surface area contributed by atoms with E-state index in [4.69, 9.17) is 4.74 Å². The molecule has 3 nitrogen and oxygen atoms in total. The SMILES string of the molecule is C=Cc1ccc([C@@H]2C[C@H]2NC(=O)OC(C)(C)C)cc1. The number of carbonyl (C=O) groups excluding carboxylic acids is 1. The Balaban J connectivity index is 1.87. The van der Waals surface area contributed by atoms with E-state index in [0.717, 1.165) is 12.0 Å². The van der Waals surface area contributed by atoms with E-state index < -0.39 is 5.60 Å². The van der Waals surface area contributed by atoms with Gasteiger partial charge in [0.15, 0.2) is 0 Å². The molecular weight excluding hydrogens is 238 g/mol. The zero-order valence-corrected chi connectivity index (χ0v) is 11.8. The topological polar surface area (TPSA) is 38.3 Å². The summed E-state index contributed by atoms with van der Waals surface area (Å²) >= 11 is 0. The van der Waals surface area contributed by atoms with Crippen LogP contribution in [0.3, 0.4) is 0 Å². The highest BCUT2D eigenvalue weighted by Crippen LogP contribution is 2.40. The Morgan fingerprint density at radius 1 is 1.37 bits per heavy atom. The molecule has 0 heterocycles. The molecule has 1 aliphatic rings. The van der Waals surface area contributed by atoms with Gasteiger partial charge in [-0.3, -0.25) is 0 Å². The molecule has 102 valence electrons. The number of amides is 1. The highest BCUT2D eigenvalue weighted by atomic mass is 16.6. The molecule has 0 saturated heterocycles. The van der Waals surface area contributed by atoms with Crippen LogP contribution >= 0.6 is 0 Å². The molecule has 0 aliphatic heterocycles. The largest absolute Gasteiger partial charge is 0.444 e. The highest BCUT2D eigenvalue weighted by molar-refractivity contribution is 5.69. The van der Waals surface area contributed by atoms with E-state index in [1.54, 1.807) is 0 Å². The molecule has 1 aromatic rings. The molecule has 1 aliphatic carbocycles. The summed E-state index contributed by atoms with van der Waals surface area (Å²) in [6.45, 7) is 9.33. The normalized spacial score (nSPS) is 21.6. The van der Waals surface area contributed by atoms with Gasteiger partial charge in [0.1, 0.15) is 5.60 Å². The Bertz CT molecular complexity index is 471. The van der Waals surface area contributed by atoms with Crippen LogP contribution in [0.15, 0.2) is 30.8 Å². The van der Waals surface area contributed by atoms with E-state index in [9.17, 15) is 4.79 Å². The van der Waals surface area contributed by atoms with Crippen LogP contribution in [0, 0.1) is 0 Å². The Morgan fingerprint density at radius 3 is 2.53 bits per heavy atom. The van der Waals surface area contributed by atoms with Gasteiger partial charge in [-0.05, 0) is 38.3 Å². The van der Waals surface area contributed by atoms with Gasteiger partial charge >= 0.3 is 6.09 Å². The smallest absolute Gasteiger partial charge is 0.407 e. The molecule has 1 amide bonds. The molecule has 3 heteroatoms. The minimum atomic E-state index is -0.444. The number of nitrogens with one attached hydrogen (secondary N) is 1. The first-order chi connectivity index (χ1) is 8.89. The van der Waals surface area contributed by atoms with Crippen molar-refractivity contribution in [3.05, 3.63) is 42.0 Å². The highest BCUT2D eigenvalue weighted by Gasteiger charge is 2.40. The first-order valence-electron chi connectivity index (χ1n) is 6.61. The third-order valence-electron chi connectivity index (χ3n) is 3.09. The predicted molar refractivity (Wildman–Crippen MR) is 77.0 cm³/mol. The van der Waals surface area contributed by atoms with Crippen molar-refractivity contribution in [2.24, 2.45) is 0 Å². The van der Waals surface area contributed by atoms with E-state index in [1.807, 2.05) is 39.0 Å². The van der Waals surface area contributed by atoms with Gasteiger partial charge < -0.3 is 10.1 Å². The number of benzene rings is 1. The minimum Gasteiger partial charge on any atom is -0.444 e. The lowest BCUT2D eigenvalue weighted by Crippen LogP contribution is -2.34. The van der Waals surface area contributed by atoms with Crippen molar-refractivity contribution in [3.8, 4) is 0 Å². The summed E-state index contributed by atoms with van der Waals surface area (Å²) in [6, 6.07) is 8.48. The van der Waals surface area contributed by atoms with E-state index in [2.05, 4.69) is 24.0 Å². The quantitative estimate of drug-likeness (QED) is 0.898. The monoisotopic (exact) mass is 259 g/mol. The average Bonchev–Trinajstić information content (AvgIpc) is 3.06. The van der Waals surface area contributed by atoms with Gasteiger partial charge in [0.2, 0.25) is 0 Å². The molecular formula is C16H21NO2. The van der Waals surface area contributed by atoms with Crippen LogP contribution in [-0.4, -0.2) is 17.7 Å². The van der Waals surface area contributed by atoms with Crippen LogP contribution in [0.4, 0.5) is 4.79 Å². The second-order valence-corrected chi connectivity index (χ2v) is 5.97. The fourth-order valence-corrected chi connectivity index (χ4v) is 2.06. The van der Waals surface area contributed by atoms with Crippen LogP contribution in [0.25, 0.3) is 6.08 Å². The van der Waals surface area contributed by atoms with Gasteiger partial charge in [-0.2, -0.15) is 0 Å². The maximum Gasteiger partial charge on any atom is 0.407 e. The van der Waals surface area contributed by atoms with Crippen LogP contribution in [0.1, 0.15) is 44.2 Å². The summed E-state index contributed by atoms with van der Waals surface area (Å²) in [4.78, 5) is 11.6. The fraction of sp³-hybridized carbons (Fsp3) is 0.438. The van der Waals surface area contributed by atoms with E-state index >= 15 is 0 Å². The molecule has 0 radical (unpaired) electrons. The number of hydrogen-bond acceptors (Lipinski definition) is 2. The van der Waals surface area contributed by atoms with Crippen molar-refractivity contribution < 1.29 is 9.53 Å². The Kier molecular flexibility index (Phi) is 3.65. The molecule has 1 N–H and O–H groups in total. The van der Waals surface area contributed by atoms with E-state index in [1.165, 1.54) is 5.56 Å².